The molecule has 2 heterocycles. The van der Waals surface area contributed by atoms with Crippen LogP contribution in [0.5, 0.6) is 11.6 Å². The van der Waals surface area contributed by atoms with Crippen molar-refractivity contribution in [3.63, 3.8) is 0 Å². The molecule has 0 aliphatic rings. The number of ether oxygens (including phenoxy) is 2. The Kier molecular flexibility index (Phi) is 7.75. The summed E-state index contributed by atoms with van der Waals surface area (Å²) in [4.78, 5) is 18.8. The lowest BCUT2D eigenvalue weighted by atomic mass is 10.1. The monoisotopic (exact) mass is 434 g/mol. The molecule has 0 spiro atoms. The molecule has 9 nitrogen and oxygen atoms in total. The summed E-state index contributed by atoms with van der Waals surface area (Å²) in [5.41, 5.74) is 2.02. The molecular formula is C23H26N6O3. The highest BCUT2D eigenvalue weighted by Gasteiger charge is 2.22. The standard InChI is InChI=1S/C23H26N6O3/c1-4-5-7-17(32-23-18(14-24)16(2)10-11-25-23)15-26-22(30)21-19(29-27-12-13-28-29)8-6-9-20(21)31-3/h6,8-13,17H,4-5,7,15H2,1-3H3,(H,26,30). The number of carbonyl (C=O) groups excluding carboxylic acids is 1. The molecule has 0 radical (unpaired) electrons. The second-order valence-electron chi connectivity index (χ2n) is 7.18. The number of methoxy groups -OCH3 is 1. The topological polar surface area (TPSA) is 115 Å². The van der Waals surface area contributed by atoms with Crippen LogP contribution in [-0.2, 0) is 0 Å². The van der Waals surface area contributed by atoms with Gasteiger partial charge in [-0.2, -0.15) is 20.3 Å². The molecule has 0 fully saturated rings. The Morgan fingerprint density at radius 2 is 2.03 bits per heavy atom. The van der Waals surface area contributed by atoms with Crippen LogP contribution in [0, 0.1) is 18.3 Å². The molecule has 1 aromatic carbocycles. The van der Waals surface area contributed by atoms with E-state index < -0.39 is 0 Å². The van der Waals surface area contributed by atoms with E-state index in [4.69, 9.17) is 9.47 Å². The highest BCUT2D eigenvalue weighted by Crippen LogP contribution is 2.25. The van der Waals surface area contributed by atoms with Crippen molar-refractivity contribution in [3.8, 4) is 23.4 Å². The molecule has 166 valence electrons. The predicted octanol–water partition coefficient (Wildman–Crippen LogP) is 3.22. The number of unbranched alkanes of at least 4 members (excludes halogenated alkanes) is 1. The molecule has 0 aliphatic carbocycles. The first-order chi connectivity index (χ1) is 15.6. The minimum atomic E-state index is -0.346. The third kappa shape index (κ3) is 5.21. The molecule has 0 bridgehead atoms. The normalized spacial score (nSPS) is 11.4. The van der Waals surface area contributed by atoms with Crippen LogP contribution < -0.4 is 14.8 Å². The summed E-state index contributed by atoms with van der Waals surface area (Å²) in [6, 6.07) is 9.14. The molecular weight excluding hydrogens is 408 g/mol. The minimum Gasteiger partial charge on any atom is -0.496 e. The average molecular weight is 435 g/mol. The van der Waals surface area contributed by atoms with E-state index in [0.717, 1.165) is 18.4 Å². The van der Waals surface area contributed by atoms with Crippen LogP contribution in [0.1, 0.15) is 47.7 Å². The van der Waals surface area contributed by atoms with Crippen LogP contribution >= 0.6 is 0 Å². The number of rotatable bonds is 10. The number of nitrogens with zero attached hydrogens (tertiary/aromatic N) is 5. The van der Waals surface area contributed by atoms with Gasteiger partial charge in [-0.15, -0.1) is 0 Å². The van der Waals surface area contributed by atoms with Crippen LogP contribution in [0.15, 0.2) is 42.9 Å². The van der Waals surface area contributed by atoms with Crippen molar-refractivity contribution in [1.29, 1.82) is 5.26 Å². The first-order valence-electron chi connectivity index (χ1n) is 10.4. The van der Waals surface area contributed by atoms with Gasteiger partial charge in [-0.05, 0) is 43.5 Å². The largest absolute Gasteiger partial charge is 0.496 e. The van der Waals surface area contributed by atoms with Crippen molar-refractivity contribution < 1.29 is 14.3 Å². The van der Waals surface area contributed by atoms with Gasteiger partial charge in [-0.3, -0.25) is 4.79 Å². The van der Waals surface area contributed by atoms with Crippen LogP contribution in [0.4, 0.5) is 0 Å². The molecule has 0 saturated carbocycles. The van der Waals surface area contributed by atoms with Crippen molar-refractivity contribution in [3.05, 3.63) is 59.5 Å². The third-order valence-electron chi connectivity index (χ3n) is 4.97. The summed E-state index contributed by atoms with van der Waals surface area (Å²) in [6.07, 6.45) is 6.93. The van der Waals surface area contributed by atoms with Crippen LogP contribution in [0.25, 0.3) is 5.69 Å². The molecule has 2 aromatic heterocycles. The highest BCUT2D eigenvalue weighted by atomic mass is 16.5. The zero-order chi connectivity index (χ0) is 22.9. The van der Waals surface area contributed by atoms with Crippen molar-refractivity contribution in [2.24, 2.45) is 0 Å². The van der Waals surface area contributed by atoms with E-state index in [1.165, 1.54) is 24.3 Å². The number of nitriles is 1. The lowest BCUT2D eigenvalue weighted by Gasteiger charge is -2.20. The summed E-state index contributed by atoms with van der Waals surface area (Å²) < 4.78 is 11.5. The van der Waals surface area contributed by atoms with Crippen molar-refractivity contribution in [2.75, 3.05) is 13.7 Å². The summed E-state index contributed by atoms with van der Waals surface area (Å²) >= 11 is 0. The number of aryl methyl sites for hydroxylation is 1. The van der Waals surface area contributed by atoms with Gasteiger partial charge in [0.15, 0.2) is 0 Å². The number of nitrogens with one attached hydrogen (secondary N) is 1. The number of carbonyl (C=O) groups is 1. The molecule has 1 unspecified atom stereocenters. The van der Waals surface area contributed by atoms with Gasteiger partial charge < -0.3 is 14.8 Å². The van der Waals surface area contributed by atoms with Crippen molar-refractivity contribution in [2.45, 2.75) is 39.2 Å². The fourth-order valence-corrected chi connectivity index (χ4v) is 3.27. The maximum absolute atomic E-state index is 13.2. The summed E-state index contributed by atoms with van der Waals surface area (Å²) in [6.45, 7) is 4.16. The van der Waals surface area contributed by atoms with Crippen LogP contribution in [0.2, 0.25) is 0 Å². The third-order valence-corrected chi connectivity index (χ3v) is 4.97. The van der Waals surface area contributed by atoms with Gasteiger partial charge in [-0.25, -0.2) is 4.98 Å². The first kappa shape index (κ1) is 22.7. The number of pyridine rings is 1. The lowest BCUT2D eigenvalue weighted by molar-refractivity contribution is 0.0917. The minimum absolute atomic E-state index is 0.239. The molecule has 3 aromatic rings. The first-order valence-corrected chi connectivity index (χ1v) is 10.4. The maximum atomic E-state index is 13.2. The number of hydrogen-bond acceptors (Lipinski definition) is 7. The van der Waals surface area contributed by atoms with Gasteiger partial charge in [0, 0.05) is 6.20 Å². The average Bonchev–Trinajstić information content (AvgIpc) is 3.35. The molecule has 1 amide bonds. The summed E-state index contributed by atoms with van der Waals surface area (Å²) in [5, 5.41) is 20.7. The number of hydrogen-bond donors (Lipinski definition) is 1. The smallest absolute Gasteiger partial charge is 0.257 e. The van der Waals surface area contributed by atoms with Crippen LogP contribution in [0.3, 0.4) is 0 Å². The van der Waals surface area contributed by atoms with E-state index in [-0.39, 0.29) is 24.4 Å². The fourth-order valence-electron chi connectivity index (χ4n) is 3.27. The molecule has 3 rings (SSSR count). The molecule has 9 heteroatoms. The number of benzene rings is 1. The lowest BCUT2D eigenvalue weighted by Crippen LogP contribution is -2.36. The van der Waals surface area contributed by atoms with Crippen LogP contribution in [-0.4, -0.2) is 45.6 Å². The summed E-state index contributed by atoms with van der Waals surface area (Å²) in [5.74, 6) is 0.356. The molecule has 0 aliphatic heterocycles. The molecule has 1 N–H and O–H groups in total. The zero-order valence-electron chi connectivity index (χ0n) is 18.4. The number of aromatic nitrogens is 4. The van der Waals surface area contributed by atoms with E-state index in [2.05, 4.69) is 33.5 Å². The van der Waals surface area contributed by atoms with Crippen molar-refractivity contribution >= 4 is 5.91 Å². The predicted molar refractivity (Wildman–Crippen MR) is 118 cm³/mol. The highest BCUT2D eigenvalue weighted by molar-refractivity contribution is 6.00. The molecule has 32 heavy (non-hydrogen) atoms. The van der Waals surface area contributed by atoms with Crippen molar-refractivity contribution in [1.82, 2.24) is 25.3 Å². The van der Waals surface area contributed by atoms with Gasteiger partial charge >= 0.3 is 0 Å². The Bertz CT molecular complexity index is 1090. The number of amides is 1. The Morgan fingerprint density at radius 3 is 2.72 bits per heavy atom. The maximum Gasteiger partial charge on any atom is 0.257 e. The SMILES string of the molecule is CCCCC(CNC(=O)c1c(OC)cccc1-n1nccn1)Oc1nccc(C)c1C#N. The second-order valence-corrected chi connectivity index (χ2v) is 7.18. The summed E-state index contributed by atoms with van der Waals surface area (Å²) in [7, 11) is 1.51. The van der Waals surface area contributed by atoms with E-state index in [0.29, 0.717) is 29.0 Å². The molecule has 1 atom stereocenters. The van der Waals surface area contributed by atoms with Gasteiger partial charge in [0.2, 0.25) is 5.88 Å². The second kappa shape index (κ2) is 10.9. The van der Waals surface area contributed by atoms with Gasteiger partial charge in [0.1, 0.15) is 34.7 Å². The van der Waals surface area contributed by atoms with E-state index in [1.807, 2.05) is 6.92 Å². The van der Waals surface area contributed by atoms with E-state index >= 15 is 0 Å². The Morgan fingerprint density at radius 1 is 1.25 bits per heavy atom. The fraction of sp³-hybridized carbons (Fsp3) is 0.348. The van der Waals surface area contributed by atoms with Gasteiger partial charge in [0.25, 0.3) is 5.91 Å². The van der Waals surface area contributed by atoms with Gasteiger partial charge in [-0.1, -0.05) is 19.4 Å². The van der Waals surface area contributed by atoms with E-state index in [1.54, 1.807) is 30.5 Å². The quantitative estimate of drug-likeness (QED) is 0.521. The van der Waals surface area contributed by atoms with Gasteiger partial charge in [0.05, 0.1) is 26.0 Å². The Balaban J connectivity index is 1.81. The molecule has 0 saturated heterocycles. The Hall–Kier alpha value is -3.93. The zero-order valence-corrected chi connectivity index (χ0v) is 18.4. The van der Waals surface area contributed by atoms with E-state index in [9.17, 15) is 10.1 Å². The Labute approximate surface area is 187 Å².